The number of nitrogens with one attached hydrogen (secondary N) is 1. The monoisotopic (exact) mass is 272 g/mol. The fourth-order valence-corrected chi connectivity index (χ4v) is 2.43. The molecular weight excluding hydrogens is 251 g/mol. The van der Waals surface area contributed by atoms with Crippen LogP contribution in [-0.4, -0.2) is 4.98 Å². The molecule has 0 unspecified atom stereocenters. The van der Waals surface area contributed by atoms with E-state index >= 15 is 0 Å². The van der Waals surface area contributed by atoms with E-state index in [1.807, 2.05) is 36.7 Å². The van der Waals surface area contributed by atoms with Gasteiger partial charge >= 0.3 is 0 Å². The van der Waals surface area contributed by atoms with Crippen LogP contribution in [0, 0.1) is 5.82 Å². The summed E-state index contributed by atoms with van der Waals surface area (Å²) in [6, 6.07) is 11.4. The smallest absolute Gasteiger partial charge is 0.123 e. The molecule has 1 aromatic carbocycles. The summed E-state index contributed by atoms with van der Waals surface area (Å²) in [5.41, 5.74) is 2.37. The second kappa shape index (κ2) is 7.15. The van der Waals surface area contributed by atoms with Crippen LogP contribution in [0.1, 0.15) is 49.9 Å². The molecule has 2 aromatic rings. The molecule has 0 radical (unpaired) electrons. The molecule has 2 nitrogen and oxygen atoms in total. The summed E-state index contributed by atoms with van der Waals surface area (Å²) in [6.45, 7) is 4.30. The number of hydrogen-bond donors (Lipinski definition) is 1. The summed E-state index contributed by atoms with van der Waals surface area (Å²) < 4.78 is 13.0. The van der Waals surface area contributed by atoms with E-state index in [2.05, 4.69) is 24.1 Å². The average Bonchev–Trinajstić information content (AvgIpc) is 2.51. The van der Waals surface area contributed by atoms with Crippen molar-refractivity contribution in [3.63, 3.8) is 0 Å². The third-order valence-electron chi connectivity index (χ3n) is 3.60. The summed E-state index contributed by atoms with van der Waals surface area (Å²) in [5.74, 6) is -0.190. The lowest BCUT2D eigenvalue weighted by molar-refractivity contribution is 0.425. The number of pyridine rings is 1. The summed E-state index contributed by atoms with van der Waals surface area (Å²) >= 11 is 0. The lowest BCUT2D eigenvalue weighted by Crippen LogP contribution is -2.25. The van der Waals surface area contributed by atoms with E-state index in [-0.39, 0.29) is 17.9 Å². The minimum Gasteiger partial charge on any atom is -0.303 e. The molecule has 3 heteroatoms. The third-order valence-corrected chi connectivity index (χ3v) is 3.60. The maximum absolute atomic E-state index is 13.0. The summed E-state index contributed by atoms with van der Waals surface area (Å²) in [4.78, 5) is 4.06. The molecule has 2 rings (SSSR count). The van der Waals surface area contributed by atoms with Crippen LogP contribution < -0.4 is 5.32 Å². The van der Waals surface area contributed by atoms with Crippen LogP contribution in [0.4, 0.5) is 4.39 Å². The predicted octanol–water partition coefficient (Wildman–Crippen LogP) is 4.41. The van der Waals surface area contributed by atoms with Gasteiger partial charge in [-0.15, -0.1) is 0 Å². The van der Waals surface area contributed by atoms with Crippen molar-refractivity contribution in [3.05, 3.63) is 65.7 Å². The van der Waals surface area contributed by atoms with Gasteiger partial charge in [-0.1, -0.05) is 26.0 Å². The molecule has 0 amide bonds. The minimum atomic E-state index is -0.190. The zero-order valence-corrected chi connectivity index (χ0v) is 12.0. The van der Waals surface area contributed by atoms with Crippen molar-refractivity contribution in [2.45, 2.75) is 38.8 Å². The van der Waals surface area contributed by atoms with Gasteiger partial charge in [0, 0.05) is 24.5 Å². The Labute approximate surface area is 120 Å². The van der Waals surface area contributed by atoms with Gasteiger partial charge in [0.2, 0.25) is 0 Å². The van der Waals surface area contributed by atoms with Crippen LogP contribution in [0.25, 0.3) is 0 Å². The Morgan fingerprint density at radius 2 is 1.40 bits per heavy atom. The fourth-order valence-electron chi connectivity index (χ4n) is 2.43. The van der Waals surface area contributed by atoms with Gasteiger partial charge in [-0.3, -0.25) is 4.98 Å². The molecule has 0 aliphatic heterocycles. The number of rotatable bonds is 6. The van der Waals surface area contributed by atoms with E-state index in [4.69, 9.17) is 0 Å². The molecule has 0 saturated heterocycles. The van der Waals surface area contributed by atoms with Crippen molar-refractivity contribution in [1.29, 1.82) is 0 Å². The molecule has 0 aliphatic carbocycles. The normalized spacial score (nSPS) is 13.9. The second-order valence-electron chi connectivity index (χ2n) is 4.92. The van der Waals surface area contributed by atoms with Crippen molar-refractivity contribution in [2.24, 2.45) is 0 Å². The third kappa shape index (κ3) is 3.64. The molecule has 2 atom stereocenters. The first kappa shape index (κ1) is 14.7. The second-order valence-corrected chi connectivity index (χ2v) is 4.92. The first-order valence-corrected chi connectivity index (χ1v) is 7.16. The summed E-state index contributed by atoms with van der Waals surface area (Å²) in [7, 11) is 0. The number of nitrogens with zero attached hydrogens (tertiary/aromatic N) is 1. The van der Waals surface area contributed by atoms with Crippen molar-refractivity contribution >= 4 is 0 Å². The SMILES string of the molecule is CC[C@H](N[C@H](CC)c1ccc(F)cc1)c1ccncc1. The van der Waals surface area contributed by atoms with Gasteiger partial charge in [0.1, 0.15) is 5.82 Å². The first-order chi connectivity index (χ1) is 9.74. The van der Waals surface area contributed by atoms with Gasteiger partial charge in [0.05, 0.1) is 0 Å². The highest BCUT2D eigenvalue weighted by Crippen LogP contribution is 2.24. The molecule has 0 saturated carbocycles. The van der Waals surface area contributed by atoms with Crippen molar-refractivity contribution in [2.75, 3.05) is 0 Å². The predicted molar refractivity (Wildman–Crippen MR) is 79.8 cm³/mol. The van der Waals surface area contributed by atoms with E-state index in [0.717, 1.165) is 18.4 Å². The van der Waals surface area contributed by atoms with Gasteiger partial charge in [0.15, 0.2) is 0 Å². The average molecular weight is 272 g/mol. The molecule has 0 fully saturated rings. The Morgan fingerprint density at radius 3 is 1.90 bits per heavy atom. The number of hydrogen-bond acceptors (Lipinski definition) is 2. The largest absolute Gasteiger partial charge is 0.303 e. The zero-order chi connectivity index (χ0) is 14.4. The van der Waals surface area contributed by atoms with Gasteiger partial charge in [-0.2, -0.15) is 0 Å². The first-order valence-electron chi connectivity index (χ1n) is 7.16. The Hall–Kier alpha value is -1.74. The standard InChI is InChI=1S/C17H21FN2/c1-3-16(13-5-7-15(18)8-6-13)20-17(4-2)14-9-11-19-12-10-14/h5-12,16-17,20H,3-4H2,1-2H3/t16-,17+/m1/s1. The maximum atomic E-state index is 13.0. The van der Waals surface area contributed by atoms with Crippen molar-refractivity contribution < 1.29 is 4.39 Å². The molecule has 20 heavy (non-hydrogen) atoms. The maximum Gasteiger partial charge on any atom is 0.123 e. The molecule has 0 aliphatic rings. The lowest BCUT2D eigenvalue weighted by atomic mass is 10.00. The minimum absolute atomic E-state index is 0.190. The molecule has 1 N–H and O–H groups in total. The zero-order valence-electron chi connectivity index (χ0n) is 12.0. The van der Waals surface area contributed by atoms with Crippen LogP contribution in [-0.2, 0) is 0 Å². The van der Waals surface area contributed by atoms with Crippen LogP contribution in [0.2, 0.25) is 0 Å². The van der Waals surface area contributed by atoms with Crippen molar-refractivity contribution in [1.82, 2.24) is 10.3 Å². The summed E-state index contributed by atoms with van der Waals surface area (Å²) in [6.07, 6.45) is 5.60. The number of benzene rings is 1. The Balaban J connectivity index is 2.14. The highest BCUT2D eigenvalue weighted by Gasteiger charge is 2.15. The van der Waals surface area contributed by atoms with E-state index in [1.54, 1.807) is 0 Å². The van der Waals surface area contributed by atoms with Gasteiger partial charge < -0.3 is 5.32 Å². The van der Waals surface area contributed by atoms with Gasteiger partial charge in [0.25, 0.3) is 0 Å². The molecular formula is C17H21FN2. The highest BCUT2D eigenvalue weighted by molar-refractivity contribution is 5.21. The quantitative estimate of drug-likeness (QED) is 0.842. The molecule has 106 valence electrons. The van der Waals surface area contributed by atoms with Gasteiger partial charge in [-0.05, 0) is 48.2 Å². The Bertz CT molecular complexity index is 510. The molecule has 1 heterocycles. The van der Waals surface area contributed by atoms with Gasteiger partial charge in [-0.25, -0.2) is 4.39 Å². The van der Waals surface area contributed by atoms with Crippen LogP contribution in [0.5, 0.6) is 0 Å². The van der Waals surface area contributed by atoms with Crippen molar-refractivity contribution in [3.8, 4) is 0 Å². The molecule has 1 aromatic heterocycles. The Kier molecular flexibility index (Phi) is 5.24. The Morgan fingerprint density at radius 1 is 0.900 bits per heavy atom. The van der Waals surface area contributed by atoms with E-state index in [1.165, 1.54) is 17.7 Å². The molecule has 0 spiro atoms. The van der Waals surface area contributed by atoms with Crippen LogP contribution >= 0.6 is 0 Å². The van der Waals surface area contributed by atoms with Crippen LogP contribution in [0.15, 0.2) is 48.8 Å². The van der Waals surface area contributed by atoms with E-state index in [9.17, 15) is 4.39 Å². The molecule has 0 bridgehead atoms. The number of aromatic nitrogens is 1. The summed E-state index contributed by atoms with van der Waals surface area (Å²) in [5, 5.41) is 3.66. The van der Waals surface area contributed by atoms with E-state index in [0.29, 0.717) is 0 Å². The number of halogens is 1. The lowest BCUT2D eigenvalue weighted by Gasteiger charge is -2.25. The fraction of sp³-hybridized carbons (Fsp3) is 0.353. The van der Waals surface area contributed by atoms with Crippen LogP contribution in [0.3, 0.4) is 0 Å². The topological polar surface area (TPSA) is 24.9 Å². The highest BCUT2D eigenvalue weighted by atomic mass is 19.1. The van der Waals surface area contributed by atoms with E-state index < -0.39 is 0 Å².